The smallest absolute Gasteiger partial charge is 0.290 e. The van der Waals surface area contributed by atoms with Gasteiger partial charge in [-0.2, -0.15) is 5.10 Å². The molecule has 1 atom stereocenters. The first-order valence-corrected chi connectivity index (χ1v) is 7.83. The van der Waals surface area contributed by atoms with Gasteiger partial charge in [0.1, 0.15) is 5.60 Å². The summed E-state index contributed by atoms with van der Waals surface area (Å²) in [6.07, 6.45) is 5.18. The number of nitrogens with zero attached hydrogens (tertiary/aromatic N) is 3. The van der Waals surface area contributed by atoms with Crippen molar-refractivity contribution in [3.63, 3.8) is 0 Å². The van der Waals surface area contributed by atoms with Gasteiger partial charge < -0.3 is 14.9 Å². The predicted octanol–water partition coefficient (Wildman–Crippen LogP) is 1.95. The van der Waals surface area contributed by atoms with E-state index in [1.807, 2.05) is 0 Å². The molecule has 7 heteroatoms. The zero-order valence-corrected chi connectivity index (χ0v) is 14.0. The Kier molecular flexibility index (Phi) is 5.20. The molecule has 0 aliphatic carbocycles. The summed E-state index contributed by atoms with van der Waals surface area (Å²) >= 11 is 0. The van der Waals surface area contributed by atoms with Gasteiger partial charge >= 0.3 is 0 Å². The van der Waals surface area contributed by atoms with Crippen LogP contribution in [0.5, 0.6) is 0 Å². The maximum absolute atomic E-state index is 12.2. The number of carbonyl (C=O) groups excluding carboxylic acids is 1. The van der Waals surface area contributed by atoms with Gasteiger partial charge in [0.2, 0.25) is 5.76 Å². The molecule has 1 unspecified atom stereocenters. The fraction of sp³-hybridized carbons (Fsp3) is 0.562. The second kappa shape index (κ2) is 6.95. The lowest BCUT2D eigenvalue weighted by molar-refractivity contribution is 0.0516. The summed E-state index contributed by atoms with van der Waals surface area (Å²) in [5.41, 5.74) is 0.219. The lowest BCUT2D eigenvalue weighted by Gasteiger charge is -2.21. The number of rotatable bonds is 7. The monoisotopic (exact) mass is 320 g/mol. The third kappa shape index (κ3) is 3.98. The van der Waals surface area contributed by atoms with E-state index in [-0.39, 0.29) is 18.2 Å². The van der Waals surface area contributed by atoms with E-state index in [4.69, 9.17) is 4.52 Å². The molecule has 2 heterocycles. The molecule has 2 rings (SSSR count). The highest BCUT2D eigenvalue weighted by Gasteiger charge is 2.26. The van der Waals surface area contributed by atoms with Crippen LogP contribution < -0.4 is 5.32 Å². The number of aryl methyl sites for hydroxylation is 1. The fourth-order valence-corrected chi connectivity index (χ4v) is 2.44. The van der Waals surface area contributed by atoms with Crippen LogP contribution in [-0.4, -0.2) is 32.5 Å². The summed E-state index contributed by atoms with van der Waals surface area (Å²) in [4.78, 5) is 12.2. The SMILES string of the molecule is CCC(CC)c1cc(C(=O)NCC(C)(O)c2cnn(C)c2)on1. The molecule has 0 fully saturated rings. The van der Waals surface area contributed by atoms with E-state index in [0.29, 0.717) is 11.5 Å². The van der Waals surface area contributed by atoms with Gasteiger partial charge in [0.05, 0.1) is 18.4 Å². The first kappa shape index (κ1) is 17.2. The van der Waals surface area contributed by atoms with Crippen molar-refractivity contribution in [2.45, 2.75) is 45.1 Å². The van der Waals surface area contributed by atoms with Gasteiger partial charge in [-0.3, -0.25) is 9.48 Å². The van der Waals surface area contributed by atoms with E-state index >= 15 is 0 Å². The van der Waals surface area contributed by atoms with Crippen molar-refractivity contribution < 1.29 is 14.4 Å². The van der Waals surface area contributed by atoms with Crippen LogP contribution in [0.1, 0.15) is 61.3 Å². The fourth-order valence-electron chi connectivity index (χ4n) is 2.44. The highest BCUT2D eigenvalue weighted by molar-refractivity contribution is 5.91. The van der Waals surface area contributed by atoms with Gasteiger partial charge in [0.25, 0.3) is 5.91 Å². The molecule has 0 aromatic carbocycles. The molecule has 7 nitrogen and oxygen atoms in total. The van der Waals surface area contributed by atoms with Gasteiger partial charge in [0.15, 0.2) is 0 Å². The van der Waals surface area contributed by atoms with Crippen LogP contribution in [0.15, 0.2) is 23.0 Å². The average molecular weight is 320 g/mol. The molecule has 1 amide bonds. The Balaban J connectivity index is 1.99. The largest absolute Gasteiger partial charge is 0.383 e. The summed E-state index contributed by atoms with van der Waals surface area (Å²) in [5, 5.41) is 21.1. The van der Waals surface area contributed by atoms with E-state index in [1.54, 1.807) is 37.1 Å². The predicted molar refractivity (Wildman–Crippen MR) is 84.9 cm³/mol. The average Bonchev–Trinajstić information content (AvgIpc) is 3.16. The molecule has 2 aromatic rings. The normalized spacial score (nSPS) is 14.0. The molecule has 0 saturated heterocycles. The summed E-state index contributed by atoms with van der Waals surface area (Å²) in [5.74, 6) is 0.0616. The number of hydrogen-bond donors (Lipinski definition) is 2. The van der Waals surface area contributed by atoms with Crippen molar-refractivity contribution in [2.75, 3.05) is 6.54 Å². The third-order valence-corrected chi connectivity index (χ3v) is 4.08. The number of aromatic nitrogens is 3. The highest BCUT2D eigenvalue weighted by atomic mass is 16.5. The molecule has 0 aliphatic rings. The van der Waals surface area contributed by atoms with Gasteiger partial charge in [-0.05, 0) is 19.8 Å². The molecule has 0 saturated carbocycles. The van der Waals surface area contributed by atoms with Crippen molar-refractivity contribution in [1.29, 1.82) is 0 Å². The van der Waals surface area contributed by atoms with Crippen LogP contribution in [0.2, 0.25) is 0 Å². The Labute approximate surface area is 135 Å². The number of nitrogens with one attached hydrogen (secondary N) is 1. The molecule has 2 aromatic heterocycles. The van der Waals surface area contributed by atoms with Crippen LogP contribution in [-0.2, 0) is 12.6 Å². The molecule has 126 valence electrons. The quantitative estimate of drug-likeness (QED) is 0.813. The van der Waals surface area contributed by atoms with E-state index in [2.05, 4.69) is 29.4 Å². The molecule has 23 heavy (non-hydrogen) atoms. The summed E-state index contributed by atoms with van der Waals surface area (Å²) in [6.45, 7) is 5.83. The third-order valence-electron chi connectivity index (χ3n) is 4.08. The molecule has 0 aliphatic heterocycles. The molecular weight excluding hydrogens is 296 g/mol. The Morgan fingerprint density at radius 1 is 1.48 bits per heavy atom. The molecule has 0 radical (unpaired) electrons. The van der Waals surface area contributed by atoms with Gasteiger partial charge in [-0.25, -0.2) is 0 Å². The number of hydrogen-bond acceptors (Lipinski definition) is 5. The lowest BCUT2D eigenvalue weighted by atomic mass is 9.99. The first-order valence-electron chi connectivity index (χ1n) is 7.83. The van der Waals surface area contributed by atoms with Crippen molar-refractivity contribution >= 4 is 5.91 Å². The topological polar surface area (TPSA) is 93.2 Å². The van der Waals surface area contributed by atoms with Crippen molar-refractivity contribution in [3.8, 4) is 0 Å². The first-order chi connectivity index (χ1) is 10.9. The van der Waals surface area contributed by atoms with Crippen molar-refractivity contribution in [1.82, 2.24) is 20.3 Å². The lowest BCUT2D eigenvalue weighted by Crippen LogP contribution is -2.38. The molecule has 0 spiro atoms. The number of amides is 1. The number of aliphatic hydroxyl groups is 1. The summed E-state index contributed by atoms with van der Waals surface area (Å²) < 4.78 is 6.73. The van der Waals surface area contributed by atoms with E-state index < -0.39 is 5.60 Å². The Morgan fingerprint density at radius 3 is 2.74 bits per heavy atom. The Bertz CT molecular complexity index is 656. The van der Waals surface area contributed by atoms with Crippen LogP contribution in [0, 0.1) is 0 Å². The summed E-state index contributed by atoms with van der Waals surface area (Å²) in [6, 6.07) is 1.67. The zero-order valence-electron chi connectivity index (χ0n) is 14.0. The van der Waals surface area contributed by atoms with Crippen molar-refractivity contribution in [2.24, 2.45) is 7.05 Å². The minimum Gasteiger partial charge on any atom is -0.383 e. The minimum absolute atomic E-state index is 0.0541. The highest BCUT2D eigenvalue weighted by Crippen LogP contribution is 2.23. The standard InChI is InChI=1S/C16H24N4O3/c1-5-11(6-2)13-7-14(23-19-13)15(21)17-10-16(3,22)12-8-18-20(4)9-12/h7-9,11,22H,5-6,10H2,1-4H3,(H,17,21). The van der Waals surface area contributed by atoms with Gasteiger partial charge in [0, 0.05) is 30.8 Å². The van der Waals surface area contributed by atoms with E-state index in [9.17, 15) is 9.90 Å². The van der Waals surface area contributed by atoms with Gasteiger partial charge in [-0.1, -0.05) is 19.0 Å². The van der Waals surface area contributed by atoms with Crippen LogP contribution in [0.4, 0.5) is 0 Å². The van der Waals surface area contributed by atoms with E-state index in [0.717, 1.165) is 18.5 Å². The maximum Gasteiger partial charge on any atom is 0.290 e. The second-order valence-electron chi connectivity index (χ2n) is 5.99. The molecule has 0 bridgehead atoms. The Hall–Kier alpha value is -2.15. The maximum atomic E-state index is 12.2. The van der Waals surface area contributed by atoms with E-state index in [1.165, 1.54) is 0 Å². The minimum atomic E-state index is -1.21. The van der Waals surface area contributed by atoms with Crippen LogP contribution in [0.25, 0.3) is 0 Å². The number of carbonyl (C=O) groups is 1. The van der Waals surface area contributed by atoms with Crippen molar-refractivity contribution in [3.05, 3.63) is 35.5 Å². The van der Waals surface area contributed by atoms with Crippen LogP contribution in [0.3, 0.4) is 0 Å². The zero-order chi connectivity index (χ0) is 17.0. The molecule has 2 N–H and O–H groups in total. The molecular formula is C16H24N4O3. The van der Waals surface area contributed by atoms with Gasteiger partial charge in [-0.15, -0.1) is 0 Å². The second-order valence-corrected chi connectivity index (χ2v) is 5.99. The summed E-state index contributed by atoms with van der Waals surface area (Å²) in [7, 11) is 1.77. The Morgan fingerprint density at radius 2 is 2.17 bits per heavy atom. The van der Waals surface area contributed by atoms with Crippen LogP contribution >= 0.6 is 0 Å².